The number of ketones is 1. The molecular formula is C18H21FN2O3. The monoisotopic (exact) mass is 332 g/mol. The third-order valence-electron chi connectivity index (χ3n) is 3.94. The molecule has 0 spiro atoms. The van der Waals surface area contributed by atoms with E-state index in [1.807, 2.05) is 0 Å². The van der Waals surface area contributed by atoms with Crippen LogP contribution in [-0.2, 0) is 15.1 Å². The van der Waals surface area contributed by atoms with E-state index < -0.39 is 23.1 Å². The van der Waals surface area contributed by atoms with Gasteiger partial charge in [0.05, 0.1) is 6.57 Å². The van der Waals surface area contributed by atoms with Gasteiger partial charge < -0.3 is 10.1 Å². The molecule has 1 unspecified atom stereocenters. The Morgan fingerprint density at radius 2 is 2.08 bits per heavy atom. The number of benzene rings is 1. The van der Waals surface area contributed by atoms with E-state index in [1.54, 1.807) is 20.8 Å². The topological polar surface area (TPSA) is 59.8 Å². The maximum absolute atomic E-state index is 14.5. The molecule has 5 nitrogen and oxygen atoms in total. The average molecular weight is 332 g/mol. The van der Waals surface area contributed by atoms with Crippen LogP contribution in [0.15, 0.2) is 18.2 Å². The van der Waals surface area contributed by atoms with Crippen LogP contribution in [0.5, 0.6) is 0 Å². The standard InChI is InChI=1S/C18H21FN2O3/c1-17(2,3)24-16(23)21-18(10-6-5-7-15(18)22)13-9-8-12(20-4)11-14(13)19/h8-9,11H,5-7,10H2,1-3H3,(H,21,23). The van der Waals surface area contributed by atoms with E-state index in [2.05, 4.69) is 10.2 Å². The van der Waals surface area contributed by atoms with Gasteiger partial charge in [-0.25, -0.2) is 14.0 Å². The van der Waals surface area contributed by atoms with Crippen molar-refractivity contribution in [1.29, 1.82) is 0 Å². The fourth-order valence-electron chi connectivity index (χ4n) is 2.91. The lowest BCUT2D eigenvalue weighted by Crippen LogP contribution is -2.54. The normalized spacial score (nSPS) is 21.0. The lowest BCUT2D eigenvalue weighted by Gasteiger charge is -2.37. The molecule has 6 heteroatoms. The molecule has 24 heavy (non-hydrogen) atoms. The molecule has 0 bridgehead atoms. The number of hydrogen-bond acceptors (Lipinski definition) is 3. The molecule has 1 N–H and O–H groups in total. The zero-order valence-electron chi connectivity index (χ0n) is 14.1. The number of amides is 1. The van der Waals surface area contributed by atoms with Crippen LogP contribution in [0.4, 0.5) is 14.9 Å². The predicted molar refractivity (Wildman–Crippen MR) is 87.2 cm³/mol. The van der Waals surface area contributed by atoms with Gasteiger partial charge in [-0.15, -0.1) is 0 Å². The summed E-state index contributed by atoms with van der Waals surface area (Å²) in [5.74, 6) is -0.913. The Labute approximate surface area is 141 Å². The van der Waals surface area contributed by atoms with Gasteiger partial charge in [-0.1, -0.05) is 12.1 Å². The summed E-state index contributed by atoms with van der Waals surface area (Å²) in [4.78, 5) is 28.0. The second-order valence-electron chi connectivity index (χ2n) is 6.94. The Hall–Kier alpha value is -2.42. The van der Waals surface area contributed by atoms with Crippen molar-refractivity contribution in [2.24, 2.45) is 0 Å². The molecule has 0 saturated heterocycles. The third-order valence-corrected chi connectivity index (χ3v) is 3.94. The summed E-state index contributed by atoms with van der Waals surface area (Å²) in [6.07, 6.45) is 1.20. The summed E-state index contributed by atoms with van der Waals surface area (Å²) in [5.41, 5.74) is -1.93. The minimum Gasteiger partial charge on any atom is -0.444 e. The van der Waals surface area contributed by atoms with Crippen LogP contribution in [0.25, 0.3) is 4.85 Å². The minimum absolute atomic E-state index is 0.0884. The van der Waals surface area contributed by atoms with Crippen LogP contribution >= 0.6 is 0 Å². The van der Waals surface area contributed by atoms with Gasteiger partial charge in [0.25, 0.3) is 0 Å². The molecule has 1 saturated carbocycles. The summed E-state index contributed by atoms with van der Waals surface area (Å²) in [7, 11) is 0. The van der Waals surface area contributed by atoms with E-state index in [0.29, 0.717) is 19.3 Å². The molecule has 1 aromatic carbocycles. The number of nitrogens with zero attached hydrogens (tertiary/aromatic N) is 1. The zero-order valence-corrected chi connectivity index (χ0v) is 14.1. The van der Waals surface area contributed by atoms with Crippen LogP contribution < -0.4 is 5.32 Å². The lowest BCUT2D eigenvalue weighted by atomic mass is 9.75. The number of hydrogen-bond donors (Lipinski definition) is 1. The van der Waals surface area contributed by atoms with Gasteiger partial charge in [0.1, 0.15) is 17.0 Å². The molecule has 1 atom stereocenters. The molecule has 1 aliphatic carbocycles. The number of carbonyl (C=O) groups is 2. The van der Waals surface area contributed by atoms with Gasteiger partial charge in [-0.2, -0.15) is 0 Å². The quantitative estimate of drug-likeness (QED) is 0.824. The number of ether oxygens (including phenoxy) is 1. The van der Waals surface area contributed by atoms with Gasteiger partial charge in [-0.3, -0.25) is 4.79 Å². The highest BCUT2D eigenvalue weighted by atomic mass is 19.1. The van der Waals surface area contributed by atoms with Crippen LogP contribution in [0.2, 0.25) is 0 Å². The maximum atomic E-state index is 14.5. The molecule has 1 aliphatic rings. The molecule has 128 valence electrons. The maximum Gasteiger partial charge on any atom is 0.408 e. The fraction of sp³-hybridized carbons (Fsp3) is 0.500. The van der Waals surface area contributed by atoms with E-state index in [0.717, 1.165) is 6.07 Å². The second-order valence-corrected chi connectivity index (χ2v) is 6.94. The van der Waals surface area contributed by atoms with Gasteiger partial charge in [-0.05, 0) is 46.1 Å². The van der Waals surface area contributed by atoms with Gasteiger partial charge in [0.15, 0.2) is 11.5 Å². The van der Waals surface area contributed by atoms with Crippen molar-refractivity contribution < 1.29 is 18.7 Å². The lowest BCUT2D eigenvalue weighted by molar-refractivity contribution is -0.128. The summed E-state index contributed by atoms with van der Waals surface area (Å²) < 4.78 is 19.8. The Balaban J connectivity index is 2.43. The summed E-state index contributed by atoms with van der Waals surface area (Å²) in [6.45, 7) is 12.1. The van der Waals surface area contributed by atoms with Gasteiger partial charge >= 0.3 is 6.09 Å². The number of halogens is 1. The van der Waals surface area contributed by atoms with Crippen LogP contribution in [0.3, 0.4) is 0 Å². The second kappa shape index (κ2) is 6.60. The van der Waals surface area contributed by atoms with E-state index in [9.17, 15) is 14.0 Å². The summed E-state index contributed by atoms with van der Waals surface area (Å²) in [5, 5.41) is 2.61. The summed E-state index contributed by atoms with van der Waals surface area (Å²) >= 11 is 0. The number of Topliss-reactive ketones (excluding diaryl/α,β-unsaturated/α-hetero) is 1. The predicted octanol–water partition coefficient (Wildman–Crippen LogP) is 4.24. The fourth-order valence-corrected chi connectivity index (χ4v) is 2.91. The van der Waals surface area contributed by atoms with Crippen molar-refractivity contribution in [1.82, 2.24) is 5.32 Å². The molecule has 1 amide bonds. The zero-order chi connectivity index (χ0) is 18.0. The van der Waals surface area contributed by atoms with Crippen molar-refractivity contribution in [3.8, 4) is 0 Å². The van der Waals surface area contributed by atoms with Crippen molar-refractivity contribution in [2.75, 3.05) is 0 Å². The Kier molecular flexibility index (Phi) is 4.93. The van der Waals surface area contributed by atoms with Crippen molar-refractivity contribution in [3.63, 3.8) is 0 Å². The smallest absolute Gasteiger partial charge is 0.408 e. The third kappa shape index (κ3) is 3.73. The number of rotatable bonds is 2. The molecule has 1 aromatic rings. The molecule has 0 heterocycles. The van der Waals surface area contributed by atoms with Crippen molar-refractivity contribution in [2.45, 2.75) is 57.6 Å². The first-order valence-corrected chi connectivity index (χ1v) is 7.90. The molecule has 0 aromatic heterocycles. The van der Waals surface area contributed by atoms with E-state index in [-0.39, 0.29) is 23.5 Å². The Bertz CT molecular complexity index is 703. The highest BCUT2D eigenvalue weighted by Crippen LogP contribution is 2.37. The first kappa shape index (κ1) is 17.9. The van der Waals surface area contributed by atoms with Crippen LogP contribution in [0, 0.1) is 12.4 Å². The molecule has 0 radical (unpaired) electrons. The Morgan fingerprint density at radius 1 is 1.38 bits per heavy atom. The molecule has 2 rings (SSSR count). The first-order chi connectivity index (χ1) is 11.2. The Morgan fingerprint density at radius 3 is 2.62 bits per heavy atom. The number of alkyl carbamates (subject to hydrolysis) is 1. The largest absolute Gasteiger partial charge is 0.444 e. The van der Waals surface area contributed by atoms with E-state index in [4.69, 9.17) is 11.3 Å². The molecule has 1 fully saturated rings. The highest BCUT2D eigenvalue weighted by Gasteiger charge is 2.45. The van der Waals surface area contributed by atoms with Crippen LogP contribution in [0.1, 0.15) is 52.0 Å². The SMILES string of the molecule is [C-]#[N+]c1ccc(C2(NC(=O)OC(C)(C)C)CCCCC2=O)c(F)c1. The number of carbonyl (C=O) groups excluding carboxylic acids is 2. The van der Waals surface area contributed by atoms with Gasteiger partial charge in [0, 0.05) is 12.0 Å². The molecule has 0 aliphatic heterocycles. The van der Waals surface area contributed by atoms with Gasteiger partial charge in [0.2, 0.25) is 0 Å². The van der Waals surface area contributed by atoms with E-state index >= 15 is 0 Å². The summed E-state index contributed by atoms with van der Waals surface area (Å²) in [6, 6.07) is 3.94. The van der Waals surface area contributed by atoms with Crippen LogP contribution in [-0.4, -0.2) is 17.5 Å². The highest BCUT2D eigenvalue weighted by molar-refractivity contribution is 5.93. The van der Waals surface area contributed by atoms with E-state index in [1.165, 1.54) is 12.1 Å². The van der Waals surface area contributed by atoms with Crippen molar-refractivity contribution >= 4 is 17.6 Å². The average Bonchev–Trinajstić information content (AvgIpc) is 2.47. The molecular weight excluding hydrogens is 311 g/mol. The first-order valence-electron chi connectivity index (χ1n) is 7.90. The van der Waals surface area contributed by atoms with Crippen molar-refractivity contribution in [3.05, 3.63) is 41.0 Å². The minimum atomic E-state index is -1.44. The number of nitrogens with one attached hydrogen (secondary N) is 1.